The summed E-state index contributed by atoms with van der Waals surface area (Å²) >= 11 is 0. The molecule has 0 bridgehead atoms. The smallest absolute Gasteiger partial charge is 0.260 e. The lowest BCUT2D eigenvalue weighted by Gasteiger charge is -2.09. The van der Waals surface area contributed by atoms with E-state index in [1.54, 1.807) is 0 Å². The van der Waals surface area contributed by atoms with Gasteiger partial charge >= 0.3 is 0 Å². The van der Waals surface area contributed by atoms with Gasteiger partial charge in [-0.05, 0) is 19.8 Å². The molecule has 0 saturated heterocycles. The molecule has 0 spiro atoms. The zero-order valence-electron chi connectivity index (χ0n) is 9.27. The monoisotopic (exact) mass is 245 g/mol. The van der Waals surface area contributed by atoms with Gasteiger partial charge in [-0.1, -0.05) is 0 Å². The summed E-state index contributed by atoms with van der Waals surface area (Å²) in [5.41, 5.74) is 0.319. The first-order valence-corrected chi connectivity index (χ1v) is 5.36. The van der Waals surface area contributed by atoms with Crippen LogP contribution in [0.4, 0.5) is 14.5 Å². The summed E-state index contributed by atoms with van der Waals surface area (Å²) in [6.45, 7) is 1.35. The maximum Gasteiger partial charge on any atom is 0.260 e. The van der Waals surface area contributed by atoms with Crippen LogP contribution in [0.5, 0.6) is 5.88 Å². The Morgan fingerprint density at radius 2 is 2.35 bits per heavy atom. The molecule has 1 N–H and O–H groups in total. The minimum absolute atomic E-state index is 0.0902. The number of aromatic nitrogens is 2. The standard InChI is InChI=1S/C10H13F2N3O2/c1-6(9(11)12)15-4-8(13-5-16)10(14-15)17-7-2-3-7/h4-7,9H,2-3H2,1H3,(H,13,16)/t6-/m1/s1. The van der Waals surface area contributed by atoms with Crippen molar-refractivity contribution in [2.45, 2.75) is 38.3 Å². The van der Waals surface area contributed by atoms with Crippen molar-refractivity contribution < 1.29 is 18.3 Å². The highest BCUT2D eigenvalue weighted by Gasteiger charge is 2.27. The lowest BCUT2D eigenvalue weighted by atomic mass is 10.4. The minimum atomic E-state index is -2.52. The van der Waals surface area contributed by atoms with Crippen molar-refractivity contribution in [3.8, 4) is 5.88 Å². The van der Waals surface area contributed by atoms with E-state index >= 15 is 0 Å². The van der Waals surface area contributed by atoms with Crippen molar-refractivity contribution in [3.05, 3.63) is 6.20 Å². The molecule has 1 aliphatic carbocycles. The van der Waals surface area contributed by atoms with Gasteiger partial charge in [0.15, 0.2) is 0 Å². The van der Waals surface area contributed by atoms with Crippen LogP contribution >= 0.6 is 0 Å². The molecule has 7 heteroatoms. The number of anilines is 1. The van der Waals surface area contributed by atoms with E-state index in [4.69, 9.17) is 4.74 Å². The second kappa shape index (κ2) is 4.68. The fraction of sp³-hybridized carbons (Fsp3) is 0.600. The van der Waals surface area contributed by atoms with E-state index in [0.29, 0.717) is 12.1 Å². The number of hydrogen-bond acceptors (Lipinski definition) is 3. The van der Waals surface area contributed by atoms with Gasteiger partial charge in [-0.25, -0.2) is 8.78 Å². The zero-order chi connectivity index (χ0) is 12.4. The second-order valence-electron chi connectivity index (χ2n) is 3.98. The largest absolute Gasteiger partial charge is 0.472 e. The minimum Gasteiger partial charge on any atom is -0.472 e. The molecule has 1 aromatic heterocycles. The Kier molecular flexibility index (Phi) is 3.26. The van der Waals surface area contributed by atoms with Crippen molar-refractivity contribution in [3.63, 3.8) is 0 Å². The molecular weight excluding hydrogens is 232 g/mol. The van der Waals surface area contributed by atoms with E-state index in [-0.39, 0.29) is 12.0 Å². The highest BCUT2D eigenvalue weighted by atomic mass is 19.3. The molecule has 2 rings (SSSR count). The molecule has 1 saturated carbocycles. The van der Waals surface area contributed by atoms with E-state index in [1.807, 2.05) is 0 Å². The fourth-order valence-corrected chi connectivity index (χ4v) is 1.29. The normalized spacial score (nSPS) is 16.9. The Labute approximate surface area is 96.7 Å². The Balaban J connectivity index is 2.19. The van der Waals surface area contributed by atoms with Crippen molar-refractivity contribution in [2.75, 3.05) is 5.32 Å². The van der Waals surface area contributed by atoms with Crippen LogP contribution in [0, 0.1) is 0 Å². The molecular formula is C10H13F2N3O2. The number of nitrogens with one attached hydrogen (secondary N) is 1. The molecule has 1 amide bonds. The summed E-state index contributed by atoms with van der Waals surface area (Å²) in [6, 6.07) is -1.06. The summed E-state index contributed by atoms with van der Waals surface area (Å²) in [5, 5.41) is 6.31. The summed E-state index contributed by atoms with van der Waals surface area (Å²) < 4.78 is 31.6. The third-order valence-corrected chi connectivity index (χ3v) is 2.50. The van der Waals surface area contributed by atoms with Crippen molar-refractivity contribution in [1.82, 2.24) is 9.78 Å². The first kappa shape index (κ1) is 11.8. The Hall–Kier alpha value is -1.66. The van der Waals surface area contributed by atoms with Crippen LogP contribution in [-0.2, 0) is 4.79 Å². The first-order valence-electron chi connectivity index (χ1n) is 5.36. The van der Waals surface area contributed by atoms with Gasteiger partial charge in [0.2, 0.25) is 6.41 Å². The van der Waals surface area contributed by atoms with Crippen molar-refractivity contribution >= 4 is 12.1 Å². The number of hydrogen-bond donors (Lipinski definition) is 1. The van der Waals surface area contributed by atoms with Crippen LogP contribution in [0.2, 0.25) is 0 Å². The topological polar surface area (TPSA) is 56.2 Å². The highest BCUT2D eigenvalue weighted by Crippen LogP contribution is 2.32. The quantitative estimate of drug-likeness (QED) is 0.778. The lowest BCUT2D eigenvalue weighted by molar-refractivity contribution is -0.105. The lowest BCUT2D eigenvalue weighted by Crippen LogP contribution is -2.14. The van der Waals surface area contributed by atoms with Crippen LogP contribution in [0.3, 0.4) is 0 Å². The molecule has 94 valence electrons. The third-order valence-electron chi connectivity index (χ3n) is 2.50. The number of alkyl halides is 2. The van der Waals surface area contributed by atoms with E-state index < -0.39 is 12.5 Å². The number of nitrogens with zero attached hydrogens (tertiary/aromatic N) is 2. The number of rotatable bonds is 6. The van der Waals surface area contributed by atoms with Crippen molar-refractivity contribution in [2.24, 2.45) is 0 Å². The van der Waals surface area contributed by atoms with Crippen LogP contribution < -0.4 is 10.1 Å². The van der Waals surface area contributed by atoms with Gasteiger partial charge in [-0.15, -0.1) is 5.10 Å². The molecule has 0 aromatic carbocycles. The Bertz CT molecular complexity index is 404. The number of carbonyl (C=O) groups is 1. The maximum atomic E-state index is 12.5. The third kappa shape index (κ3) is 2.72. The average molecular weight is 245 g/mol. The molecule has 5 nitrogen and oxygen atoms in total. The highest BCUT2D eigenvalue weighted by molar-refractivity contribution is 5.73. The number of halogens is 2. The molecule has 1 fully saturated rings. The molecule has 17 heavy (non-hydrogen) atoms. The predicted octanol–water partition coefficient (Wildman–Crippen LogP) is 1.82. The van der Waals surface area contributed by atoms with Gasteiger partial charge in [0.25, 0.3) is 12.3 Å². The molecule has 0 radical (unpaired) electrons. The van der Waals surface area contributed by atoms with Gasteiger partial charge in [0.1, 0.15) is 17.8 Å². The van der Waals surface area contributed by atoms with Crippen molar-refractivity contribution in [1.29, 1.82) is 0 Å². The van der Waals surface area contributed by atoms with Crippen LogP contribution in [0.15, 0.2) is 6.20 Å². The van der Waals surface area contributed by atoms with Gasteiger partial charge in [0, 0.05) is 0 Å². The summed E-state index contributed by atoms with van der Waals surface area (Å²) in [6.07, 6.45) is 1.24. The zero-order valence-corrected chi connectivity index (χ0v) is 9.27. The first-order chi connectivity index (χ1) is 8.11. The van der Waals surface area contributed by atoms with Crippen LogP contribution in [0.25, 0.3) is 0 Å². The number of ether oxygens (including phenoxy) is 1. The van der Waals surface area contributed by atoms with Crippen LogP contribution in [-0.4, -0.2) is 28.7 Å². The number of carbonyl (C=O) groups excluding carboxylic acids is 1. The van der Waals surface area contributed by atoms with Gasteiger partial charge in [-0.2, -0.15) is 0 Å². The van der Waals surface area contributed by atoms with E-state index in [9.17, 15) is 13.6 Å². The maximum absolute atomic E-state index is 12.5. The molecule has 1 heterocycles. The average Bonchev–Trinajstić information content (AvgIpc) is 3.00. The van der Waals surface area contributed by atoms with Crippen LogP contribution in [0.1, 0.15) is 25.8 Å². The van der Waals surface area contributed by atoms with E-state index in [0.717, 1.165) is 17.5 Å². The predicted molar refractivity (Wildman–Crippen MR) is 56.3 cm³/mol. The fourth-order valence-electron chi connectivity index (χ4n) is 1.29. The Morgan fingerprint density at radius 3 is 2.88 bits per heavy atom. The molecule has 0 unspecified atom stereocenters. The summed E-state index contributed by atoms with van der Waals surface area (Å²) in [5.74, 6) is 0.201. The summed E-state index contributed by atoms with van der Waals surface area (Å²) in [7, 11) is 0. The molecule has 1 aromatic rings. The van der Waals surface area contributed by atoms with E-state index in [1.165, 1.54) is 13.1 Å². The van der Waals surface area contributed by atoms with Gasteiger partial charge < -0.3 is 10.1 Å². The number of amides is 1. The Morgan fingerprint density at radius 1 is 1.65 bits per heavy atom. The molecule has 0 aliphatic heterocycles. The van der Waals surface area contributed by atoms with Gasteiger partial charge in [0.05, 0.1) is 6.20 Å². The summed E-state index contributed by atoms with van der Waals surface area (Å²) in [4.78, 5) is 10.4. The SMILES string of the molecule is C[C@H](C(F)F)n1cc(NC=O)c(OC2CC2)n1. The second-order valence-corrected chi connectivity index (χ2v) is 3.98. The van der Waals surface area contributed by atoms with Gasteiger partial charge in [-0.3, -0.25) is 9.48 Å². The molecule has 1 aliphatic rings. The van der Waals surface area contributed by atoms with E-state index in [2.05, 4.69) is 10.4 Å². The molecule has 1 atom stereocenters.